The molecule has 0 aromatic carbocycles. The van der Waals surface area contributed by atoms with Gasteiger partial charge in [0, 0.05) is 0 Å². The molecule has 0 bridgehead atoms. The van der Waals surface area contributed by atoms with Crippen molar-refractivity contribution in [1.29, 1.82) is 0 Å². The summed E-state index contributed by atoms with van der Waals surface area (Å²) in [6, 6.07) is 0. The first-order valence-electron chi connectivity index (χ1n) is 6.73. The highest BCUT2D eigenvalue weighted by Gasteiger charge is 2.34. The molecule has 0 saturated carbocycles. The van der Waals surface area contributed by atoms with E-state index in [2.05, 4.69) is 9.47 Å². The number of hydrogen-bond donors (Lipinski definition) is 1. The first-order chi connectivity index (χ1) is 9.82. The summed E-state index contributed by atoms with van der Waals surface area (Å²) >= 11 is 0. The zero-order chi connectivity index (χ0) is 16.3. The summed E-state index contributed by atoms with van der Waals surface area (Å²) in [4.78, 5) is 22.8. The molecule has 0 aliphatic heterocycles. The summed E-state index contributed by atoms with van der Waals surface area (Å²) < 4.78 is 45.0. The van der Waals surface area contributed by atoms with E-state index in [1.807, 2.05) is 13.8 Å². The molecule has 124 valence electrons. The number of ether oxygens (including phenoxy) is 3. The van der Waals surface area contributed by atoms with Crippen molar-refractivity contribution in [3.05, 3.63) is 0 Å². The third kappa shape index (κ3) is 9.38. The fraction of sp³-hybridized carbons (Fsp3) is 0.833. The van der Waals surface area contributed by atoms with Crippen LogP contribution in [0.1, 0.15) is 39.5 Å². The van der Waals surface area contributed by atoms with E-state index in [0.717, 1.165) is 12.8 Å². The Balaban J connectivity index is 4.38. The van der Waals surface area contributed by atoms with Gasteiger partial charge in [0.05, 0.1) is 13.2 Å². The highest BCUT2D eigenvalue weighted by Crippen LogP contribution is 2.05. The topological polar surface area (TPSA) is 116 Å². The zero-order valence-corrected chi connectivity index (χ0v) is 13.1. The molecule has 9 heteroatoms. The van der Waals surface area contributed by atoms with Gasteiger partial charge >= 0.3 is 22.1 Å². The summed E-state index contributed by atoms with van der Waals surface area (Å²) in [6.45, 7) is 3.18. The third-order valence-corrected chi connectivity index (χ3v) is 3.19. The lowest BCUT2D eigenvalue weighted by atomic mass is 10.4. The SMILES string of the molecule is CCCCOC(=O)COC(C(=O)OCCCC)S(=O)(=O)O. The average molecular weight is 326 g/mol. The summed E-state index contributed by atoms with van der Waals surface area (Å²) in [7, 11) is -4.83. The first-order valence-corrected chi connectivity index (χ1v) is 8.23. The lowest BCUT2D eigenvalue weighted by molar-refractivity contribution is -0.158. The molecular formula is C12H22O8S. The minimum absolute atomic E-state index is 0.00561. The molecule has 1 N–H and O–H groups in total. The fourth-order valence-electron chi connectivity index (χ4n) is 1.18. The van der Waals surface area contributed by atoms with Gasteiger partial charge in [0.2, 0.25) is 0 Å². The minimum Gasteiger partial charge on any atom is -0.464 e. The number of carbonyl (C=O) groups is 2. The van der Waals surface area contributed by atoms with Crippen LogP contribution in [0, 0.1) is 0 Å². The van der Waals surface area contributed by atoms with Crippen LogP contribution in [-0.4, -0.2) is 50.2 Å². The maximum atomic E-state index is 11.5. The number of carbonyl (C=O) groups excluding carboxylic acids is 2. The smallest absolute Gasteiger partial charge is 0.353 e. The van der Waals surface area contributed by atoms with E-state index >= 15 is 0 Å². The predicted molar refractivity (Wildman–Crippen MR) is 73.0 cm³/mol. The molecule has 0 aliphatic carbocycles. The molecular weight excluding hydrogens is 304 g/mol. The Morgan fingerprint density at radius 1 is 1.05 bits per heavy atom. The van der Waals surface area contributed by atoms with E-state index in [1.165, 1.54) is 0 Å². The maximum Gasteiger partial charge on any atom is 0.353 e. The van der Waals surface area contributed by atoms with Crippen molar-refractivity contribution in [2.75, 3.05) is 19.8 Å². The van der Waals surface area contributed by atoms with Crippen LogP contribution in [0.2, 0.25) is 0 Å². The summed E-state index contributed by atoms with van der Waals surface area (Å²) in [5.74, 6) is -2.08. The number of esters is 2. The minimum atomic E-state index is -4.83. The highest BCUT2D eigenvalue weighted by molar-refractivity contribution is 7.87. The van der Waals surface area contributed by atoms with Gasteiger partial charge in [0.15, 0.2) is 0 Å². The van der Waals surface area contributed by atoms with Gasteiger partial charge in [-0.15, -0.1) is 0 Å². The zero-order valence-electron chi connectivity index (χ0n) is 12.2. The average Bonchev–Trinajstić information content (AvgIpc) is 2.38. The van der Waals surface area contributed by atoms with Crippen LogP contribution in [0.4, 0.5) is 0 Å². The molecule has 8 nitrogen and oxygen atoms in total. The molecule has 21 heavy (non-hydrogen) atoms. The standard InChI is InChI=1S/C12H22O8S/c1-3-5-7-18-10(13)9-20-12(21(15,16)17)11(14)19-8-6-4-2/h12H,3-9H2,1-2H3,(H,15,16,17). The van der Waals surface area contributed by atoms with Crippen molar-refractivity contribution < 1.29 is 36.8 Å². The van der Waals surface area contributed by atoms with Gasteiger partial charge in [0.25, 0.3) is 5.44 Å². The molecule has 0 radical (unpaired) electrons. The molecule has 0 spiro atoms. The summed E-state index contributed by atoms with van der Waals surface area (Å²) in [5.41, 5.74) is -2.24. The van der Waals surface area contributed by atoms with Gasteiger partial charge in [-0.25, -0.2) is 9.59 Å². The predicted octanol–water partition coefficient (Wildman–Crippen LogP) is 0.903. The third-order valence-electron chi connectivity index (χ3n) is 2.32. The van der Waals surface area contributed by atoms with Gasteiger partial charge in [-0.3, -0.25) is 4.55 Å². The molecule has 1 atom stereocenters. The molecule has 0 saturated heterocycles. The van der Waals surface area contributed by atoms with E-state index in [4.69, 9.17) is 9.29 Å². The Morgan fingerprint density at radius 2 is 1.57 bits per heavy atom. The molecule has 0 amide bonds. The van der Waals surface area contributed by atoms with Crippen LogP contribution < -0.4 is 0 Å². The Kier molecular flexibility index (Phi) is 9.93. The number of rotatable bonds is 11. The van der Waals surface area contributed by atoms with Gasteiger partial charge in [-0.2, -0.15) is 8.42 Å². The van der Waals surface area contributed by atoms with Crippen LogP contribution in [0.15, 0.2) is 0 Å². The van der Waals surface area contributed by atoms with E-state index in [-0.39, 0.29) is 13.2 Å². The Morgan fingerprint density at radius 3 is 2.05 bits per heavy atom. The van der Waals surface area contributed by atoms with Crippen molar-refractivity contribution in [3.63, 3.8) is 0 Å². The van der Waals surface area contributed by atoms with Crippen LogP contribution in [0.3, 0.4) is 0 Å². The molecule has 0 aliphatic rings. The normalized spacial score (nSPS) is 12.7. The van der Waals surface area contributed by atoms with E-state index < -0.39 is 34.1 Å². The molecule has 0 rings (SSSR count). The Labute approximate surface area is 124 Å². The van der Waals surface area contributed by atoms with Crippen LogP contribution in [0.5, 0.6) is 0 Å². The molecule has 0 aromatic rings. The van der Waals surface area contributed by atoms with Crippen LogP contribution in [-0.2, 0) is 33.9 Å². The maximum absolute atomic E-state index is 11.5. The second-order valence-electron chi connectivity index (χ2n) is 4.25. The quantitative estimate of drug-likeness (QED) is 0.338. The lowest BCUT2D eigenvalue weighted by Gasteiger charge is -2.13. The number of hydrogen-bond acceptors (Lipinski definition) is 7. The van der Waals surface area contributed by atoms with Crippen molar-refractivity contribution in [2.24, 2.45) is 0 Å². The Bertz CT molecular complexity index is 417. The Hall–Kier alpha value is -1.19. The van der Waals surface area contributed by atoms with Gasteiger partial charge in [-0.05, 0) is 12.8 Å². The van der Waals surface area contributed by atoms with Crippen LogP contribution >= 0.6 is 0 Å². The highest BCUT2D eigenvalue weighted by atomic mass is 32.2. The summed E-state index contributed by atoms with van der Waals surface area (Å²) in [6.07, 6.45) is 2.77. The lowest BCUT2D eigenvalue weighted by Crippen LogP contribution is -2.36. The number of unbranched alkanes of at least 4 members (excludes halogenated alkanes) is 2. The monoisotopic (exact) mass is 326 g/mol. The largest absolute Gasteiger partial charge is 0.464 e. The molecule has 0 heterocycles. The van der Waals surface area contributed by atoms with E-state index in [1.54, 1.807) is 0 Å². The second-order valence-corrected chi connectivity index (χ2v) is 5.71. The van der Waals surface area contributed by atoms with Gasteiger partial charge in [-0.1, -0.05) is 26.7 Å². The van der Waals surface area contributed by atoms with E-state index in [0.29, 0.717) is 12.8 Å². The van der Waals surface area contributed by atoms with Crippen molar-refractivity contribution in [1.82, 2.24) is 0 Å². The van der Waals surface area contributed by atoms with Crippen molar-refractivity contribution >= 4 is 22.1 Å². The van der Waals surface area contributed by atoms with Crippen LogP contribution in [0.25, 0.3) is 0 Å². The summed E-state index contributed by atoms with van der Waals surface area (Å²) in [5, 5.41) is 0. The second kappa shape index (κ2) is 10.5. The van der Waals surface area contributed by atoms with Gasteiger partial charge < -0.3 is 14.2 Å². The van der Waals surface area contributed by atoms with Crippen molar-refractivity contribution in [3.8, 4) is 0 Å². The molecule has 1 unspecified atom stereocenters. The fourth-order valence-corrected chi connectivity index (χ4v) is 1.73. The first kappa shape index (κ1) is 19.8. The van der Waals surface area contributed by atoms with E-state index in [9.17, 15) is 18.0 Å². The van der Waals surface area contributed by atoms with Crippen molar-refractivity contribution in [2.45, 2.75) is 45.0 Å². The van der Waals surface area contributed by atoms with Gasteiger partial charge in [0.1, 0.15) is 6.61 Å². The molecule has 0 fully saturated rings. The molecule has 0 aromatic heterocycles.